The van der Waals surface area contributed by atoms with Crippen molar-refractivity contribution in [3.05, 3.63) is 42.0 Å². The quantitative estimate of drug-likeness (QED) is 0.644. The molecule has 0 aromatic heterocycles. The molecule has 10 nitrogen and oxygen atoms in total. The lowest BCUT2D eigenvalue weighted by Crippen LogP contribution is -2.45. The molecule has 2 amide bonds. The third-order valence-electron chi connectivity index (χ3n) is 6.30. The average Bonchev–Trinajstić information content (AvgIpc) is 3.14. The molecule has 2 aromatic carbocycles. The molecule has 0 spiro atoms. The molecule has 3 heterocycles. The summed E-state index contributed by atoms with van der Waals surface area (Å²) in [4.78, 5) is 26.7. The molecule has 0 bridgehead atoms. The molecule has 1 saturated heterocycles. The van der Waals surface area contributed by atoms with Crippen molar-refractivity contribution in [2.75, 3.05) is 37.9 Å². The SMILES string of the molecule is O=C(CN1C(=O)COc2ccc(S(=O)(=O)N3CCCCCC3)cc21)NCc1ccc2c(c1)OCO2. The van der Waals surface area contributed by atoms with Crippen LogP contribution in [-0.4, -0.2) is 57.6 Å². The summed E-state index contributed by atoms with van der Waals surface area (Å²) in [6.07, 6.45) is 3.66. The largest absolute Gasteiger partial charge is 0.482 e. The van der Waals surface area contributed by atoms with Crippen molar-refractivity contribution in [3.8, 4) is 17.2 Å². The summed E-state index contributed by atoms with van der Waals surface area (Å²) in [6, 6.07) is 9.85. The maximum Gasteiger partial charge on any atom is 0.265 e. The van der Waals surface area contributed by atoms with E-state index < -0.39 is 15.9 Å². The van der Waals surface area contributed by atoms with Gasteiger partial charge < -0.3 is 19.5 Å². The van der Waals surface area contributed by atoms with Crippen molar-refractivity contribution >= 4 is 27.5 Å². The van der Waals surface area contributed by atoms with Crippen LogP contribution in [0.15, 0.2) is 41.3 Å². The minimum Gasteiger partial charge on any atom is -0.482 e. The Morgan fingerprint density at radius 1 is 0.914 bits per heavy atom. The number of carbonyl (C=O) groups is 2. The summed E-state index contributed by atoms with van der Waals surface area (Å²) in [6.45, 7) is 0.874. The number of benzene rings is 2. The van der Waals surface area contributed by atoms with Crippen LogP contribution in [0, 0.1) is 0 Å². The van der Waals surface area contributed by atoms with Gasteiger partial charge in [0.1, 0.15) is 12.3 Å². The Morgan fingerprint density at radius 2 is 1.66 bits per heavy atom. The summed E-state index contributed by atoms with van der Waals surface area (Å²) in [5, 5.41) is 2.80. The van der Waals surface area contributed by atoms with Gasteiger partial charge in [-0.05, 0) is 48.7 Å². The molecule has 3 aliphatic rings. The monoisotopic (exact) mass is 501 g/mol. The number of nitrogens with zero attached hydrogens (tertiary/aromatic N) is 2. The average molecular weight is 502 g/mol. The second-order valence-corrected chi connectivity index (χ2v) is 10.6. The van der Waals surface area contributed by atoms with Crippen LogP contribution in [0.1, 0.15) is 31.2 Å². The molecule has 0 atom stereocenters. The van der Waals surface area contributed by atoms with E-state index in [1.54, 1.807) is 18.2 Å². The summed E-state index contributed by atoms with van der Waals surface area (Å²) in [5.41, 5.74) is 1.09. The zero-order valence-corrected chi connectivity index (χ0v) is 20.0. The molecule has 2 aromatic rings. The highest BCUT2D eigenvalue weighted by molar-refractivity contribution is 7.89. The van der Waals surface area contributed by atoms with Crippen LogP contribution in [0.3, 0.4) is 0 Å². The van der Waals surface area contributed by atoms with Crippen molar-refractivity contribution in [3.63, 3.8) is 0 Å². The van der Waals surface area contributed by atoms with E-state index in [9.17, 15) is 18.0 Å². The topological polar surface area (TPSA) is 114 Å². The van der Waals surface area contributed by atoms with E-state index in [4.69, 9.17) is 14.2 Å². The fourth-order valence-corrected chi connectivity index (χ4v) is 5.94. The Labute approximate surface area is 203 Å². The van der Waals surface area contributed by atoms with Crippen molar-refractivity contribution in [2.45, 2.75) is 37.1 Å². The Kier molecular flexibility index (Phi) is 6.52. The summed E-state index contributed by atoms with van der Waals surface area (Å²) >= 11 is 0. The molecule has 0 unspecified atom stereocenters. The van der Waals surface area contributed by atoms with Crippen LogP contribution < -0.4 is 24.4 Å². The lowest BCUT2D eigenvalue weighted by atomic mass is 10.2. The highest BCUT2D eigenvalue weighted by Gasteiger charge is 2.31. The maximum absolute atomic E-state index is 13.3. The predicted molar refractivity (Wildman–Crippen MR) is 126 cm³/mol. The van der Waals surface area contributed by atoms with Gasteiger partial charge in [0.15, 0.2) is 18.1 Å². The van der Waals surface area contributed by atoms with Crippen molar-refractivity contribution in [1.29, 1.82) is 0 Å². The molecule has 0 saturated carbocycles. The van der Waals surface area contributed by atoms with Gasteiger partial charge in [-0.15, -0.1) is 0 Å². The highest BCUT2D eigenvalue weighted by Crippen LogP contribution is 2.35. The van der Waals surface area contributed by atoms with Gasteiger partial charge in [-0.25, -0.2) is 8.42 Å². The van der Waals surface area contributed by atoms with E-state index in [0.29, 0.717) is 30.3 Å². The molecule has 3 aliphatic heterocycles. The Hall–Kier alpha value is -3.31. The molecule has 186 valence electrons. The third-order valence-corrected chi connectivity index (χ3v) is 8.20. The number of hydrogen-bond acceptors (Lipinski definition) is 7. The number of rotatable bonds is 6. The lowest BCUT2D eigenvalue weighted by Gasteiger charge is -2.30. The fourth-order valence-electron chi connectivity index (χ4n) is 4.40. The first-order valence-electron chi connectivity index (χ1n) is 11.6. The van der Waals surface area contributed by atoms with Gasteiger partial charge in [0, 0.05) is 19.6 Å². The molecule has 1 N–H and O–H groups in total. The number of amides is 2. The Morgan fingerprint density at radius 3 is 2.46 bits per heavy atom. The minimum absolute atomic E-state index is 0.0854. The van der Waals surface area contributed by atoms with Crippen LogP contribution >= 0.6 is 0 Å². The minimum atomic E-state index is -3.72. The fraction of sp³-hybridized carbons (Fsp3) is 0.417. The molecular weight excluding hydrogens is 474 g/mol. The van der Waals surface area contributed by atoms with Crippen LogP contribution in [0.5, 0.6) is 17.2 Å². The second-order valence-electron chi connectivity index (χ2n) is 8.68. The van der Waals surface area contributed by atoms with Gasteiger partial charge in [-0.3, -0.25) is 14.5 Å². The van der Waals surface area contributed by atoms with Crippen molar-refractivity contribution in [2.24, 2.45) is 0 Å². The number of ether oxygens (including phenoxy) is 3. The summed E-state index contributed by atoms with van der Waals surface area (Å²) in [7, 11) is -3.72. The number of fused-ring (bicyclic) bond motifs is 2. The smallest absolute Gasteiger partial charge is 0.265 e. The van der Waals surface area contributed by atoms with Gasteiger partial charge in [-0.2, -0.15) is 4.31 Å². The maximum atomic E-state index is 13.3. The summed E-state index contributed by atoms with van der Waals surface area (Å²) in [5.74, 6) is 0.835. The van der Waals surface area contributed by atoms with Crippen LogP contribution in [-0.2, 0) is 26.2 Å². The standard InChI is InChI=1S/C24H27N3O7S/c28-23(25-13-17-5-7-21-22(11-17)34-16-33-21)14-27-19-12-18(6-8-20(19)32-15-24(27)29)35(30,31)26-9-3-1-2-4-10-26/h5-8,11-12H,1-4,9-10,13-16H2,(H,25,28). The Bertz CT molecular complexity index is 1240. The lowest BCUT2D eigenvalue weighted by molar-refractivity contribution is -0.125. The number of hydrogen-bond donors (Lipinski definition) is 1. The number of carbonyl (C=O) groups excluding carboxylic acids is 2. The van der Waals surface area contributed by atoms with Crippen molar-refractivity contribution < 1.29 is 32.2 Å². The second kappa shape index (κ2) is 9.74. The normalized spacial score (nSPS) is 17.9. The molecule has 0 aliphatic carbocycles. The molecule has 0 radical (unpaired) electrons. The number of nitrogens with one attached hydrogen (secondary N) is 1. The van der Waals surface area contributed by atoms with E-state index in [0.717, 1.165) is 31.2 Å². The van der Waals surface area contributed by atoms with Crippen LogP contribution in [0.4, 0.5) is 5.69 Å². The number of anilines is 1. The van der Waals surface area contributed by atoms with Crippen LogP contribution in [0.25, 0.3) is 0 Å². The zero-order chi connectivity index (χ0) is 24.4. The molecule has 1 fully saturated rings. The first-order chi connectivity index (χ1) is 16.9. The van der Waals surface area contributed by atoms with Crippen LogP contribution in [0.2, 0.25) is 0 Å². The van der Waals surface area contributed by atoms with Gasteiger partial charge in [0.05, 0.1) is 10.6 Å². The van der Waals surface area contributed by atoms with E-state index in [-0.39, 0.29) is 43.0 Å². The van der Waals surface area contributed by atoms with E-state index in [2.05, 4.69) is 5.32 Å². The summed E-state index contributed by atoms with van der Waals surface area (Å²) < 4.78 is 44.2. The van der Waals surface area contributed by atoms with Crippen molar-refractivity contribution in [1.82, 2.24) is 9.62 Å². The third kappa shape index (κ3) is 4.92. The van der Waals surface area contributed by atoms with E-state index in [1.807, 2.05) is 6.07 Å². The highest BCUT2D eigenvalue weighted by atomic mass is 32.2. The van der Waals surface area contributed by atoms with Gasteiger partial charge in [-0.1, -0.05) is 18.9 Å². The molecule has 35 heavy (non-hydrogen) atoms. The van der Waals surface area contributed by atoms with E-state index >= 15 is 0 Å². The van der Waals surface area contributed by atoms with Gasteiger partial charge in [0.25, 0.3) is 5.91 Å². The zero-order valence-electron chi connectivity index (χ0n) is 19.2. The Balaban J connectivity index is 1.31. The van der Waals surface area contributed by atoms with Gasteiger partial charge >= 0.3 is 0 Å². The van der Waals surface area contributed by atoms with Gasteiger partial charge in [0.2, 0.25) is 22.7 Å². The molecule has 5 rings (SSSR count). The van der Waals surface area contributed by atoms with E-state index in [1.165, 1.54) is 21.3 Å². The molecular formula is C24H27N3O7S. The first-order valence-corrected chi connectivity index (χ1v) is 13.1. The number of sulfonamides is 1. The molecule has 11 heteroatoms. The first kappa shape index (κ1) is 23.4. The predicted octanol–water partition coefficient (Wildman–Crippen LogP) is 2.02.